The molecule has 0 spiro atoms. The third-order valence-corrected chi connectivity index (χ3v) is 4.54. The summed E-state index contributed by atoms with van der Waals surface area (Å²) < 4.78 is 5.18. The van der Waals surface area contributed by atoms with E-state index in [1.54, 1.807) is 19.2 Å². The van der Waals surface area contributed by atoms with Gasteiger partial charge in [-0.05, 0) is 35.7 Å². The molecular weight excluding hydrogens is 308 g/mol. The van der Waals surface area contributed by atoms with Gasteiger partial charge in [0.25, 0.3) is 5.69 Å². The maximum Gasteiger partial charge on any atom is 0.292 e. The second kappa shape index (κ2) is 6.88. The van der Waals surface area contributed by atoms with Gasteiger partial charge in [-0.3, -0.25) is 10.1 Å². The second-order valence-corrected chi connectivity index (χ2v) is 5.94. The summed E-state index contributed by atoms with van der Waals surface area (Å²) in [5.41, 5.74) is 2.44. The van der Waals surface area contributed by atoms with Crippen LogP contribution in [0.15, 0.2) is 42.5 Å². The van der Waals surface area contributed by atoms with Crippen LogP contribution in [0.3, 0.4) is 0 Å². The third kappa shape index (κ3) is 3.19. The van der Waals surface area contributed by atoms with E-state index in [0.717, 1.165) is 25.3 Å². The maximum absolute atomic E-state index is 11.4. The van der Waals surface area contributed by atoms with Gasteiger partial charge in [0.05, 0.1) is 18.6 Å². The molecule has 126 valence electrons. The first kappa shape index (κ1) is 16.3. The normalized spacial score (nSPS) is 17.1. The minimum absolute atomic E-state index is 0.0527. The summed E-state index contributed by atoms with van der Waals surface area (Å²) in [6, 6.07) is 12.9. The van der Waals surface area contributed by atoms with E-state index >= 15 is 0 Å². The van der Waals surface area contributed by atoms with Crippen LogP contribution in [-0.2, 0) is 6.61 Å². The highest BCUT2D eigenvalue weighted by Crippen LogP contribution is 2.36. The van der Waals surface area contributed by atoms with Crippen LogP contribution in [0.2, 0.25) is 0 Å². The van der Waals surface area contributed by atoms with Crippen LogP contribution in [0.25, 0.3) is 0 Å². The Balaban J connectivity index is 1.81. The van der Waals surface area contributed by atoms with Gasteiger partial charge in [0.15, 0.2) is 0 Å². The highest BCUT2D eigenvalue weighted by atomic mass is 16.6. The summed E-state index contributed by atoms with van der Waals surface area (Å²) in [6.07, 6.45) is 0.950. The molecule has 1 atom stereocenters. The van der Waals surface area contributed by atoms with Crippen molar-refractivity contribution in [1.29, 1.82) is 0 Å². The monoisotopic (exact) mass is 328 g/mol. The van der Waals surface area contributed by atoms with Gasteiger partial charge in [0.1, 0.15) is 11.4 Å². The van der Waals surface area contributed by atoms with E-state index in [1.165, 1.54) is 11.6 Å². The molecule has 0 aliphatic carbocycles. The van der Waals surface area contributed by atoms with E-state index in [9.17, 15) is 15.2 Å². The van der Waals surface area contributed by atoms with Gasteiger partial charge in [-0.1, -0.05) is 18.2 Å². The Kier molecular flexibility index (Phi) is 4.66. The minimum atomic E-state index is -0.380. The fourth-order valence-corrected chi connectivity index (χ4v) is 3.21. The zero-order valence-corrected chi connectivity index (χ0v) is 13.5. The summed E-state index contributed by atoms with van der Waals surface area (Å²) in [5, 5.41) is 20.5. The number of nitro groups is 1. The molecule has 2 aromatic rings. The number of hydrogen-bond acceptors (Lipinski definition) is 5. The van der Waals surface area contributed by atoms with E-state index in [-0.39, 0.29) is 17.2 Å². The van der Waals surface area contributed by atoms with E-state index in [0.29, 0.717) is 17.2 Å². The number of ether oxygens (including phenoxy) is 1. The number of nitrogens with zero attached hydrogens (tertiary/aromatic N) is 2. The Hall–Kier alpha value is -2.60. The molecule has 0 amide bonds. The summed E-state index contributed by atoms with van der Waals surface area (Å²) >= 11 is 0. The molecule has 24 heavy (non-hydrogen) atoms. The van der Waals surface area contributed by atoms with E-state index in [1.807, 2.05) is 17.0 Å². The molecule has 0 bridgehead atoms. The molecule has 1 aliphatic heterocycles. The average Bonchev–Trinajstić information content (AvgIpc) is 3.11. The first-order valence-corrected chi connectivity index (χ1v) is 7.89. The molecule has 0 saturated carbocycles. The van der Waals surface area contributed by atoms with Crippen molar-refractivity contribution >= 4 is 11.4 Å². The zero-order valence-electron chi connectivity index (χ0n) is 13.5. The van der Waals surface area contributed by atoms with Gasteiger partial charge in [-0.15, -0.1) is 0 Å². The number of aliphatic hydroxyl groups is 1. The molecule has 2 aromatic carbocycles. The summed E-state index contributed by atoms with van der Waals surface area (Å²) in [4.78, 5) is 13.0. The van der Waals surface area contributed by atoms with Crippen molar-refractivity contribution in [2.24, 2.45) is 0 Å². The van der Waals surface area contributed by atoms with Crippen LogP contribution < -0.4 is 9.64 Å². The predicted octanol–water partition coefficient (Wildman–Crippen LogP) is 3.09. The summed E-state index contributed by atoms with van der Waals surface area (Å²) in [6.45, 7) is 1.32. The van der Waals surface area contributed by atoms with Gasteiger partial charge < -0.3 is 14.7 Å². The van der Waals surface area contributed by atoms with Crippen molar-refractivity contribution in [3.05, 3.63) is 63.7 Å². The van der Waals surface area contributed by atoms with E-state index < -0.39 is 0 Å². The van der Waals surface area contributed by atoms with Crippen molar-refractivity contribution in [2.75, 3.05) is 25.1 Å². The van der Waals surface area contributed by atoms with Gasteiger partial charge >= 0.3 is 0 Å². The number of benzene rings is 2. The Labute approximate surface area is 140 Å². The zero-order chi connectivity index (χ0) is 17.1. The number of hydrogen-bond donors (Lipinski definition) is 1. The van der Waals surface area contributed by atoms with Crippen LogP contribution in [0.1, 0.15) is 23.5 Å². The van der Waals surface area contributed by atoms with Gasteiger partial charge in [-0.2, -0.15) is 0 Å². The lowest BCUT2D eigenvalue weighted by molar-refractivity contribution is -0.384. The topological polar surface area (TPSA) is 75.8 Å². The van der Waals surface area contributed by atoms with Crippen molar-refractivity contribution < 1.29 is 14.8 Å². The molecular formula is C18H20N2O4. The fourth-order valence-electron chi connectivity index (χ4n) is 3.21. The molecule has 1 saturated heterocycles. The molecule has 1 N–H and O–H groups in total. The standard InChI is InChI=1S/C18H20N2O4/c1-24-16-5-3-14(4-6-16)15-8-9-19(11-15)17-7-2-13(12-21)10-18(17)20(22)23/h2-7,10,15,21H,8-9,11-12H2,1H3. The molecule has 1 fully saturated rings. The first-order valence-electron chi connectivity index (χ1n) is 7.89. The lowest BCUT2D eigenvalue weighted by Crippen LogP contribution is -2.20. The van der Waals surface area contributed by atoms with Crippen LogP contribution in [0, 0.1) is 10.1 Å². The van der Waals surface area contributed by atoms with Gasteiger partial charge in [0, 0.05) is 25.1 Å². The number of rotatable bonds is 5. The molecule has 0 radical (unpaired) electrons. The van der Waals surface area contributed by atoms with Crippen molar-refractivity contribution in [2.45, 2.75) is 18.9 Å². The minimum Gasteiger partial charge on any atom is -0.497 e. The van der Waals surface area contributed by atoms with E-state index in [4.69, 9.17) is 4.74 Å². The fraction of sp³-hybridized carbons (Fsp3) is 0.333. The lowest BCUT2D eigenvalue weighted by atomic mass is 9.98. The van der Waals surface area contributed by atoms with Crippen molar-refractivity contribution in [1.82, 2.24) is 0 Å². The summed E-state index contributed by atoms with van der Waals surface area (Å²) in [7, 11) is 1.64. The molecule has 1 aliphatic rings. The highest BCUT2D eigenvalue weighted by Gasteiger charge is 2.28. The lowest BCUT2D eigenvalue weighted by Gasteiger charge is -2.19. The Morgan fingerprint density at radius 2 is 2.04 bits per heavy atom. The van der Waals surface area contributed by atoms with Crippen LogP contribution >= 0.6 is 0 Å². The molecule has 6 heteroatoms. The predicted molar refractivity (Wildman–Crippen MR) is 91.6 cm³/mol. The maximum atomic E-state index is 11.4. The quantitative estimate of drug-likeness (QED) is 0.674. The first-order chi connectivity index (χ1) is 11.6. The molecule has 1 unspecified atom stereocenters. The highest BCUT2D eigenvalue weighted by molar-refractivity contribution is 5.65. The number of aliphatic hydroxyl groups excluding tert-OH is 1. The molecule has 0 aromatic heterocycles. The van der Waals surface area contributed by atoms with Crippen LogP contribution in [-0.4, -0.2) is 30.2 Å². The molecule has 1 heterocycles. The van der Waals surface area contributed by atoms with E-state index in [2.05, 4.69) is 12.1 Å². The van der Waals surface area contributed by atoms with Gasteiger partial charge in [-0.25, -0.2) is 0 Å². The number of nitro benzene ring substituents is 1. The number of methoxy groups -OCH3 is 1. The average molecular weight is 328 g/mol. The van der Waals surface area contributed by atoms with Crippen LogP contribution in [0.5, 0.6) is 5.75 Å². The Bertz CT molecular complexity index is 730. The Morgan fingerprint density at radius 1 is 1.29 bits per heavy atom. The van der Waals surface area contributed by atoms with Crippen LogP contribution in [0.4, 0.5) is 11.4 Å². The van der Waals surface area contributed by atoms with Gasteiger partial charge in [0.2, 0.25) is 0 Å². The molecule has 3 rings (SSSR count). The SMILES string of the molecule is COc1ccc(C2CCN(c3ccc(CO)cc3[N+](=O)[O-])C2)cc1. The second-order valence-electron chi connectivity index (χ2n) is 5.94. The molecule has 6 nitrogen and oxygen atoms in total. The summed E-state index contributed by atoms with van der Waals surface area (Å²) in [5.74, 6) is 1.16. The largest absolute Gasteiger partial charge is 0.497 e. The Morgan fingerprint density at radius 3 is 2.67 bits per heavy atom. The smallest absolute Gasteiger partial charge is 0.292 e. The third-order valence-electron chi connectivity index (χ3n) is 4.54. The number of anilines is 1. The van der Waals surface area contributed by atoms with Crippen molar-refractivity contribution in [3.8, 4) is 5.75 Å². The van der Waals surface area contributed by atoms with Crippen molar-refractivity contribution in [3.63, 3.8) is 0 Å².